The number of hydrogen-bond donors (Lipinski definition) is 2. The molecule has 0 aliphatic heterocycles. The molecular formula is C7H12INO5S. The number of carboxylic acids is 1. The van der Waals surface area contributed by atoms with Crippen LogP contribution >= 0.6 is 22.6 Å². The van der Waals surface area contributed by atoms with Gasteiger partial charge in [-0.1, -0.05) is 22.6 Å². The normalized spacial score (nSPS) is 11.0. The third-order valence-corrected chi connectivity index (χ3v) is 3.83. The van der Waals surface area contributed by atoms with Crippen molar-refractivity contribution in [1.29, 1.82) is 0 Å². The van der Waals surface area contributed by atoms with Crippen molar-refractivity contribution in [1.82, 2.24) is 5.32 Å². The van der Waals surface area contributed by atoms with Crippen LogP contribution in [-0.2, 0) is 19.4 Å². The first-order valence-corrected chi connectivity index (χ1v) is 7.47. The molecule has 0 atom stereocenters. The lowest BCUT2D eigenvalue weighted by atomic mass is 10.5. The van der Waals surface area contributed by atoms with E-state index in [-0.39, 0.29) is 28.4 Å². The van der Waals surface area contributed by atoms with E-state index in [2.05, 4.69) is 5.32 Å². The highest BCUT2D eigenvalue weighted by Gasteiger charge is 2.13. The van der Waals surface area contributed by atoms with E-state index in [9.17, 15) is 18.0 Å². The van der Waals surface area contributed by atoms with Crippen molar-refractivity contribution in [2.75, 3.05) is 22.5 Å². The maximum atomic E-state index is 11.2. The molecule has 0 aromatic rings. The monoisotopic (exact) mass is 349 g/mol. The van der Waals surface area contributed by atoms with Crippen molar-refractivity contribution in [2.45, 2.75) is 6.42 Å². The second-order valence-corrected chi connectivity index (χ2v) is 5.85. The zero-order valence-electron chi connectivity index (χ0n) is 7.90. The number of halogens is 1. The number of amides is 1. The second kappa shape index (κ2) is 6.99. The summed E-state index contributed by atoms with van der Waals surface area (Å²) in [5.74, 6) is -1.98. The van der Waals surface area contributed by atoms with Crippen molar-refractivity contribution >= 4 is 44.3 Å². The summed E-state index contributed by atoms with van der Waals surface area (Å²) in [4.78, 5) is 20.9. The number of nitrogens with one attached hydrogen (secondary N) is 1. The first-order valence-electron chi connectivity index (χ1n) is 4.12. The molecule has 2 N–H and O–H groups in total. The lowest BCUT2D eigenvalue weighted by Crippen LogP contribution is -2.30. The number of carbonyl (C=O) groups excluding carboxylic acids is 1. The van der Waals surface area contributed by atoms with Gasteiger partial charge in [-0.3, -0.25) is 9.59 Å². The van der Waals surface area contributed by atoms with Crippen LogP contribution in [0.1, 0.15) is 6.42 Å². The molecule has 0 aromatic carbocycles. The smallest absolute Gasteiger partial charge is 0.304 e. The standard InChI is InChI=1S/C7H12INO5S/c8-5-6(10)9-2-4-15(13,14)3-1-7(11)12/h1-5H2,(H,9,10)(H,11,12). The number of carbonyl (C=O) groups is 2. The van der Waals surface area contributed by atoms with Gasteiger partial charge in [-0.25, -0.2) is 8.42 Å². The molecule has 6 nitrogen and oxygen atoms in total. The molecule has 15 heavy (non-hydrogen) atoms. The Morgan fingerprint density at radius 3 is 2.33 bits per heavy atom. The van der Waals surface area contributed by atoms with Crippen LogP contribution in [-0.4, -0.2) is 47.9 Å². The van der Waals surface area contributed by atoms with Crippen LogP contribution in [0.25, 0.3) is 0 Å². The maximum Gasteiger partial charge on any atom is 0.304 e. The quantitative estimate of drug-likeness (QED) is 0.474. The molecule has 0 radical (unpaired) electrons. The van der Waals surface area contributed by atoms with Gasteiger partial charge in [0.2, 0.25) is 5.91 Å². The number of hydrogen-bond acceptors (Lipinski definition) is 4. The molecule has 0 spiro atoms. The van der Waals surface area contributed by atoms with Crippen LogP contribution in [0, 0.1) is 0 Å². The Bertz CT molecular complexity index is 326. The van der Waals surface area contributed by atoms with Crippen LogP contribution in [0.2, 0.25) is 0 Å². The van der Waals surface area contributed by atoms with Gasteiger partial charge in [0.1, 0.15) is 0 Å². The van der Waals surface area contributed by atoms with Gasteiger partial charge < -0.3 is 10.4 Å². The van der Waals surface area contributed by atoms with Gasteiger partial charge in [0.05, 0.1) is 22.4 Å². The highest BCUT2D eigenvalue weighted by molar-refractivity contribution is 14.1. The van der Waals surface area contributed by atoms with Gasteiger partial charge in [0.25, 0.3) is 0 Å². The summed E-state index contributed by atoms with van der Waals surface area (Å²) in [5.41, 5.74) is 0. The van der Waals surface area contributed by atoms with Gasteiger partial charge in [0, 0.05) is 6.54 Å². The number of rotatable bonds is 7. The molecule has 0 fully saturated rings. The molecular weight excluding hydrogens is 337 g/mol. The fraction of sp³-hybridized carbons (Fsp3) is 0.714. The Kier molecular flexibility index (Phi) is 6.81. The Morgan fingerprint density at radius 2 is 1.87 bits per heavy atom. The lowest BCUT2D eigenvalue weighted by Gasteiger charge is -2.03. The van der Waals surface area contributed by atoms with Crippen molar-refractivity contribution in [3.8, 4) is 0 Å². The summed E-state index contributed by atoms with van der Waals surface area (Å²) in [5, 5.41) is 10.7. The summed E-state index contributed by atoms with van der Waals surface area (Å²) in [6.45, 7) is 0.0315. The lowest BCUT2D eigenvalue weighted by molar-refractivity contribution is -0.136. The predicted molar refractivity (Wildman–Crippen MR) is 62.8 cm³/mol. The van der Waals surface area contributed by atoms with Crippen molar-refractivity contribution in [3.63, 3.8) is 0 Å². The fourth-order valence-electron chi connectivity index (χ4n) is 0.738. The largest absolute Gasteiger partial charge is 0.481 e. The predicted octanol–water partition coefficient (Wildman–Crippen LogP) is -0.573. The molecule has 1 amide bonds. The van der Waals surface area contributed by atoms with Gasteiger partial charge in [-0.2, -0.15) is 0 Å². The fourth-order valence-corrected chi connectivity index (χ4v) is 2.11. The number of sulfone groups is 1. The van der Waals surface area contributed by atoms with E-state index >= 15 is 0 Å². The summed E-state index contributed by atoms with van der Waals surface area (Å²) < 4.78 is 22.6. The molecule has 0 saturated carbocycles. The molecule has 0 unspecified atom stereocenters. The molecule has 0 aliphatic carbocycles. The number of alkyl halides is 1. The summed E-state index contributed by atoms with van der Waals surface area (Å²) >= 11 is 1.86. The molecule has 0 saturated heterocycles. The maximum absolute atomic E-state index is 11.2. The van der Waals surface area contributed by atoms with Crippen LogP contribution < -0.4 is 5.32 Å². The summed E-state index contributed by atoms with van der Waals surface area (Å²) in [7, 11) is -3.38. The molecule has 0 aromatic heterocycles. The van der Waals surface area contributed by atoms with Crippen molar-refractivity contribution < 1.29 is 23.1 Å². The Hall–Kier alpha value is -0.380. The van der Waals surface area contributed by atoms with Crippen LogP contribution in [0.4, 0.5) is 0 Å². The van der Waals surface area contributed by atoms with E-state index in [1.165, 1.54) is 0 Å². The van der Waals surface area contributed by atoms with Gasteiger partial charge in [-0.05, 0) is 0 Å². The molecule has 8 heteroatoms. The second-order valence-electron chi connectivity index (χ2n) is 2.78. The Morgan fingerprint density at radius 1 is 1.27 bits per heavy atom. The van der Waals surface area contributed by atoms with Crippen LogP contribution in [0.5, 0.6) is 0 Å². The average molecular weight is 349 g/mol. The molecule has 0 heterocycles. The molecule has 88 valence electrons. The van der Waals surface area contributed by atoms with Gasteiger partial charge in [-0.15, -0.1) is 0 Å². The van der Waals surface area contributed by atoms with Crippen LogP contribution in [0.15, 0.2) is 0 Å². The third kappa shape index (κ3) is 8.60. The minimum atomic E-state index is -3.38. The SMILES string of the molecule is O=C(O)CCS(=O)(=O)CCNC(=O)CI. The zero-order valence-corrected chi connectivity index (χ0v) is 10.9. The first kappa shape index (κ1) is 14.6. The third-order valence-electron chi connectivity index (χ3n) is 1.48. The van der Waals surface area contributed by atoms with E-state index in [1.54, 1.807) is 0 Å². The average Bonchev–Trinajstić information content (AvgIpc) is 2.14. The highest BCUT2D eigenvalue weighted by atomic mass is 127. The Labute approximate surface area is 101 Å². The Balaban J connectivity index is 3.84. The van der Waals surface area contributed by atoms with E-state index in [1.807, 2.05) is 22.6 Å². The summed E-state index contributed by atoms with van der Waals surface area (Å²) in [6, 6.07) is 0. The highest BCUT2D eigenvalue weighted by Crippen LogP contribution is 1.93. The van der Waals surface area contributed by atoms with E-state index < -0.39 is 22.2 Å². The van der Waals surface area contributed by atoms with Gasteiger partial charge in [0.15, 0.2) is 9.84 Å². The first-order chi connectivity index (χ1) is 6.87. The topological polar surface area (TPSA) is 101 Å². The van der Waals surface area contributed by atoms with E-state index in [0.717, 1.165) is 0 Å². The zero-order chi connectivity index (χ0) is 11.9. The minimum absolute atomic E-state index is 0.0315. The van der Waals surface area contributed by atoms with Gasteiger partial charge >= 0.3 is 5.97 Å². The van der Waals surface area contributed by atoms with Crippen LogP contribution in [0.3, 0.4) is 0 Å². The number of aliphatic carboxylic acids is 1. The summed E-state index contributed by atoms with van der Waals surface area (Å²) in [6.07, 6.45) is -0.400. The molecule has 0 bridgehead atoms. The minimum Gasteiger partial charge on any atom is -0.481 e. The molecule has 0 aliphatic rings. The van der Waals surface area contributed by atoms with E-state index in [0.29, 0.717) is 0 Å². The number of carboxylic acid groups (broad SMARTS) is 1. The van der Waals surface area contributed by atoms with Crippen molar-refractivity contribution in [2.24, 2.45) is 0 Å². The van der Waals surface area contributed by atoms with E-state index in [4.69, 9.17) is 5.11 Å². The van der Waals surface area contributed by atoms with Crippen molar-refractivity contribution in [3.05, 3.63) is 0 Å². The molecule has 0 rings (SSSR count).